The minimum Gasteiger partial charge on any atom is -0.616 e. The number of ether oxygens (including phenoxy) is 1. The van der Waals surface area contributed by atoms with Gasteiger partial charge in [-0.3, -0.25) is 4.79 Å². The zero-order valence-corrected chi connectivity index (χ0v) is 17.6. The monoisotopic (exact) mass is 406 g/mol. The molecule has 0 saturated carbocycles. The van der Waals surface area contributed by atoms with E-state index in [1.54, 1.807) is 13.0 Å². The van der Waals surface area contributed by atoms with E-state index in [9.17, 15) is 18.8 Å². The molecule has 4 nitrogen and oxygen atoms in total. The second-order valence-electron chi connectivity index (χ2n) is 7.07. The highest BCUT2D eigenvalue weighted by Gasteiger charge is 2.19. The number of hydrogen-bond donors (Lipinski definition) is 1. The Morgan fingerprint density at radius 2 is 1.93 bits per heavy atom. The molecule has 28 heavy (non-hydrogen) atoms. The predicted octanol–water partition coefficient (Wildman–Crippen LogP) is 3.63. The van der Waals surface area contributed by atoms with E-state index in [-0.39, 0.29) is 18.0 Å². The lowest BCUT2D eigenvalue weighted by Gasteiger charge is -2.18. The number of aliphatic hydroxyl groups excluding tert-OH is 1. The van der Waals surface area contributed by atoms with Gasteiger partial charge in [-0.2, -0.15) is 0 Å². The van der Waals surface area contributed by atoms with Crippen molar-refractivity contribution in [2.45, 2.75) is 39.7 Å². The maximum absolute atomic E-state index is 13.7. The van der Waals surface area contributed by atoms with Crippen LogP contribution in [0, 0.1) is 26.6 Å². The van der Waals surface area contributed by atoms with E-state index in [4.69, 9.17) is 0 Å². The van der Waals surface area contributed by atoms with Gasteiger partial charge in [-0.1, -0.05) is 34.9 Å². The third-order valence-electron chi connectivity index (χ3n) is 4.67. The Balaban J connectivity index is 2.17. The molecular weight excluding hydrogens is 379 g/mol. The van der Waals surface area contributed by atoms with Crippen molar-refractivity contribution in [1.29, 1.82) is 0 Å². The number of halogens is 1. The Kier molecular flexibility index (Phi) is 8.04. The van der Waals surface area contributed by atoms with Crippen molar-refractivity contribution in [3.8, 4) is 11.1 Å². The molecule has 0 aliphatic carbocycles. The van der Waals surface area contributed by atoms with E-state index in [1.165, 1.54) is 13.2 Å². The first-order valence-electron chi connectivity index (χ1n) is 9.17. The molecule has 1 N–H and O–H groups in total. The summed E-state index contributed by atoms with van der Waals surface area (Å²) >= 11 is -1.27. The highest BCUT2D eigenvalue weighted by molar-refractivity contribution is 7.91. The summed E-state index contributed by atoms with van der Waals surface area (Å²) in [6.45, 7) is 5.76. The fourth-order valence-electron chi connectivity index (χ4n) is 3.25. The molecule has 2 aromatic rings. The van der Waals surface area contributed by atoms with Crippen molar-refractivity contribution in [2.75, 3.05) is 18.6 Å². The van der Waals surface area contributed by atoms with E-state index >= 15 is 0 Å². The van der Waals surface area contributed by atoms with Crippen LogP contribution in [-0.2, 0) is 27.1 Å². The molecule has 0 amide bonds. The fourth-order valence-corrected chi connectivity index (χ4v) is 4.39. The summed E-state index contributed by atoms with van der Waals surface area (Å²) in [6.07, 6.45) is -0.576. The molecule has 2 unspecified atom stereocenters. The number of rotatable bonds is 8. The largest absolute Gasteiger partial charge is 0.616 e. The maximum Gasteiger partial charge on any atom is 0.308 e. The van der Waals surface area contributed by atoms with Crippen molar-refractivity contribution in [3.63, 3.8) is 0 Å². The average molecular weight is 407 g/mol. The van der Waals surface area contributed by atoms with Gasteiger partial charge in [-0.05, 0) is 60.7 Å². The van der Waals surface area contributed by atoms with Gasteiger partial charge in [-0.25, -0.2) is 4.39 Å². The predicted molar refractivity (Wildman–Crippen MR) is 110 cm³/mol. The molecule has 0 heterocycles. The average Bonchev–Trinajstić information content (AvgIpc) is 2.62. The van der Waals surface area contributed by atoms with Crippen molar-refractivity contribution in [1.82, 2.24) is 0 Å². The lowest BCUT2D eigenvalue weighted by atomic mass is 9.91. The summed E-state index contributed by atoms with van der Waals surface area (Å²) in [6, 6.07) is 9.18. The summed E-state index contributed by atoms with van der Waals surface area (Å²) in [5.74, 6) is -0.358. The number of methoxy groups -OCH3 is 1. The van der Waals surface area contributed by atoms with Gasteiger partial charge < -0.3 is 14.4 Å². The SMILES string of the molecule is COC(=O)CC(O)C[S+]([O-])CCc1c(C)cc(C)cc1-c1ccc(F)c(C)c1. The molecule has 0 radical (unpaired) electrons. The molecule has 2 aromatic carbocycles. The normalized spacial score (nSPS) is 13.2. The number of carbonyl (C=O) groups excluding carboxylic acids is 1. The van der Waals surface area contributed by atoms with Crippen molar-refractivity contribution in [3.05, 3.63) is 58.4 Å². The van der Waals surface area contributed by atoms with E-state index in [2.05, 4.69) is 16.9 Å². The van der Waals surface area contributed by atoms with Crippen molar-refractivity contribution in [2.24, 2.45) is 0 Å². The first-order valence-corrected chi connectivity index (χ1v) is 10.7. The third-order valence-corrected chi connectivity index (χ3v) is 6.09. The highest BCUT2D eigenvalue weighted by atomic mass is 32.2. The van der Waals surface area contributed by atoms with Crippen molar-refractivity contribution >= 4 is 17.1 Å². The maximum atomic E-state index is 13.7. The standard InChI is InChI=1S/C22H27FO4S/c1-14-9-15(2)19(7-8-28(26)13-18(24)12-22(25)27-4)20(10-14)17-5-6-21(23)16(3)11-17/h5-6,9-11,18,24H,7-8,12-13H2,1-4H3. The molecule has 6 heteroatoms. The lowest BCUT2D eigenvalue weighted by Crippen LogP contribution is -2.26. The van der Waals surface area contributed by atoms with Crippen LogP contribution < -0.4 is 0 Å². The fraction of sp³-hybridized carbons (Fsp3) is 0.409. The van der Waals surface area contributed by atoms with Gasteiger partial charge in [0.2, 0.25) is 0 Å². The Morgan fingerprint density at radius 3 is 2.57 bits per heavy atom. The van der Waals surface area contributed by atoms with Gasteiger partial charge in [0.1, 0.15) is 23.4 Å². The summed E-state index contributed by atoms with van der Waals surface area (Å²) in [5, 5.41) is 9.87. The van der Waals surface area contributed by atoms with Crippen LogP contribution in [0.25, 0.3) is 11.1 Å². The van der Waals surface area contributed by atoms with E-state index in [0.29, 0.717) is 17.7 Å². The van der Waals surface area contributed by atoms with Crippen LogP contribution in [0.1, 0.15) is 28.7 Å². The molecule has 0 bridgehead atoms. The minimum absolute atomic E-state index is 0.0327. The molecule has 0 fully saturated rings. The Bertz CT molecular complexity index is 838. The van der Waals surface area contributed by atoms with Crippen LogP contribution in [0.5, 0.6) is 0 Å². The first-order chi connectivity index (χ1) is 13.2. The molecule has 152 valence electrons. The number of esters is 1. The molecule has 0 saturated heterocycles. The molecule has 2 rings (SSSR count). The highest BCUT2D eigenvalue weighted by Crippen LogP contribution is 2.30. The van der Waals surface area contributed by atoms with Crippen LogP contribution in [0.15, 0.2) is 30.3 Å². The van der Waals surface area contributed by atoms with Crippen LogP contribution >= 0.6 is 0 Å². The van der Waals surface area contributed by atoms with E-state index in [0.717, 1.165) is 27.8 Å². The molecule has 0 aliphatic rings. The zero-order chi connectivity index (χ0) is 20.8. The van der Waals surface area contributed by atoms with Gasteiger partial charge in [0.15, 0.2) is 0 Å². The molecular formula is C22H27FO4S. The zero-order valence-electron chi connectivity index (χ0n) is 16.8. The van der Waals surface area contributed by atoms with E-state index in [1.807, 2.05) is 19.9 Å². The number of aliphatic hydroxyl groups is 1. The minimum atomic E-state index is -1.27. The summed E-state index contributed by atoms with van der Waals surface area (Å²) in [4.78, 5) is 11.2. The molecule has 0 spiro atoms. The van der Waals surface area contributed by atoms with Crippen LogP contribution in [0.3, 0.4) is 0 Å². The number of benzene rings is 2. The van der Waals surface area contributed by atoms with Gasteiger partial charge >= 0.3 is 5.97 Å². The molecule has 0 aromatic heterocycles. The summed E-state index contributed by atoms with van der Waals surface area (Å²) < 4.78 is 30.6. The molecule has 2 atom stereocenters. The number of aryl methyl sites for hydroxylation is 3. The van der Waals surface area contributed by atoms with Gasteiger partial charge in [0.25, 0.3) is 0 Å². The Morgan fingerprint density at radius 1 is 1.21 bits per heavy atom. The van der Waals surface area contributed by atoms with Crippen LogP contribution in [0.2, 0.25) is 0 Å². The second-order valence-corrected chi connectivity index (χ2v) is 8.69. The third kappa shape index (κ3) is 6.06. The smallest absolute Gasteiger partial charge is 0.308 e. The summed E-state index contributed by atoms with van der Waals surface area (Å²) in [5.41, 5.74) is 5.77. The quantitative estimate of drug-likeness (QED) is 0.537. The topological polar surface area (TPSA) is 69.6 Å². The van der Waals surface area contributed by atoms with Gasteiger partial charge in [-0.15, -0.1) is 0 Å². The number of hydrogen-bond acceptors (Lipinski definition) is 4. The van der Waals surface area contributed by atoms with Gasteiger partial charge in [0, 0.05) is 6.42 Å². The van der Waals surface area contributed by atoms with E-state index < -0.39 is 23.2 Å². The van der Waals surface area contributed by atoms with Crippen LogP contribution in [0.4, 0.5) is 4.39 Å². The second kappa shape index (κ2) is 10.0. The Labute approximate surface area is 168 Å². The molecule has 0 aliphatic heterocycles. The number of carbonyl (C=O) groups is 1. The Hall–Kier alpha value is -1.89. The lowest BCUT2D eigenvalue weighted by molar-refractivity contribution is -0.142. The summed E-state index contributed by atoms with van der Waals surface area (Å²) in [7, 11) is 1.25. The van der Waals surface area contributed by atoms with Crippen molar-refractivity contribution < 1.29 is 23.6 Å². The van der Waals surface area contributed by atoms with Gasteiger partial charge in [0.05, 0.1) is 13.5 Å². The van der Waals surface area contributed by atoms with Crippen LogP contribution in [-0.4, -0.2) is 40.3 Å². The first kappa shape index (κ1) is 22.4.